The standard InChI is InChI=1S/C30H25F2N3O4S2/c1-2-3-15-39-23-13-9-19(10-14-23)26(36)24-25(20-5-4-6-22(32)16-20)35(28(38)27(24)37)29-33-34-30(41-29)40-17-18-7-11-21(31)12-8-18/h4-14,16,25,36H,2-3,15,17H2,1H3/t25-/m0/s1. The van der Waals surface area contributed by atoms with E-state index >= 15 is 0 Å². The minimum atomic E-state index is -1.13. The second kappa shape index (κ2) is 12.6. The summed E-state index contributed by atoms with van der Waals surface area (Å²) in [5.74, 6) is -2.02. The van der Waals surface area contributed by atoms with Crippen LogP contribution < -0.4 is 9.64 Å². The summed E-state index contributed by atoms with van der Waals surface area (Å²) in [4.78, 5) is 27.9. The summed E-state index contributed by atoms with van der Waals surface area (Å²) >= 11 is 2.43. The number of unbranched alkanes of at least 4 members (excludes halogenated alkanes) is 1. The number of thioether (sulfide) groups is 1. The van der Waals surface area contributed by atoms with Crippen molar-refractivity contribution in [3.63, 3.8) is 0 Å². The lowest BCUT2D eigenvalue weighted by atomic mass is 9.95. The average molecular weight is 594 g/mol. The molecule has 210 valence electrons. The third kappa shape index (κ3) is 6.31. The molecule has 0 bridgehead atoms. The Labute approximate surface area is 243 Å². The molecule has 1 aromatic heterocycles. The van der Waals surface area contributed by atoms with Crippen molar-refractivity contribution in [2.45, 2.75) is 35.9 Å². The maximum Gasteiger partial charge on any atom is 0.301 e. The minimum Gasteiger partial charge on any atom is -0.507 e. The van der Waals surface area contributed by atoms with Crippen LogP contribution in [0.4, 0.5) is 13.9 Å². The average Bonchev–Trinajstić information content (AvgIpc) is 3.55. The van der Waals surface area contributed by atoms with Gasteiger partial charge in [-0.15, -0.1) is 10.2 Å². The number of carbonyl (C=O) groups is 2. The highest BCUT2D eigenvalue weighted by atomic mass is 32.2. The topological polar surface area (TPSA) is 92.6 Å². The Morgan fingerprint density at radius 2 is 1.78 bits per heavy atom. The van der Waals surface area contributed by atoms with Crippen LogP contribution in [0, 0.1) is 11.6 Å². The molecule has 1 aliphatic rings. The summed E-state index contributed by atoms with van der Waals surface area (Å²) in [7, 11) is 0. The Hall–Kier alpha value is -4.09. The van der Waals surface area contributed by atoms with E-state index in [0.717, 1.165) is 34.6 Å². The molecule has 41 heavy (non-hydrogen) atoms. The SMILES string of the molecule is CCCCOc1ccc(C(O)=C2C(=O)C(=O)N(c3nnc(SCc4ccc(F)cc4)s3)[C@H]2c2cccc(F)c2)cc1. The second-order valence-corrected chi connectivity index (χ2v) is 11.4. The van der Waals surface area contributed by atoms with Crippen LogP contribution >= 0.6 is 23.1 Å². The number of hydrogen-bond donors (Lipinski definition) is 1. The normalized spacial score (nSPS) is 16.4. The number of benzene rings is 3. The second-order valence-electron chi connectivity index (χ2n) is 9.22. The zero-order valence-electron chi connectivity index (χ0n) is 21.9. The summed E-state index contributed by atoms with van der Waals surface area (Å²) in [6.45, 7) is 2.61. The molecule has 0 saturated carbocycles. The van der Waals surface area contributed by atoms with Gasteiger partial charge in [0.05, 0.1) is 18.2 Å². The van der Waals surface area contributed by atoms with E-state index in [1.54, 1.807) is 42.5 Å². The van der Waals surface area contributed by atoms with Crippen molar-refractivity contribution < 1.29 is 28.2 Å². The van der Waals surface area contributed by atoms with E-state index < -0.39 is 29.3 Å². The van der Waals surface area contributed by atoms with Gasteiger partial charge >= 0.3 is 5.91 Å². The number of carbonyl (C=O) groups excluding carboxylic acids is 2. The highest BCUT2D eigenvalue weighted by Gasteiger charge is 2.48. The molecule has 1 amide bonds. The molecule has 3 aromatic carbocycles. The largest absolute Gasteiger partial charge is 0.507 e. The van der Waals surface area contributed by atoms with Crippen molar-refractivity contribution in [1.82, 2.24) is 10.2 Å². The molecule has 1 atom stereocenters. The van der Waals surface area contributed by atoms with Crippen LogP contribution in [0.25, 0.3) is 5.76 Å². The first-order chi connectivity index (χ1) is 19.9. The molecular weight excluding hydrogens is 568 g/mol. The molecule has 11 heteroatoms. The van der Waals surface area contributed by atoms with Crippen LogP contribution in [-0.2, 0) is 15.3 Å². The summed E-state index contributed by atoms with van der Waals surface area (Å²) < 4.78 is 33.7. The first kappa shape index (κ1) is 28.4. The molecule has 0 aliphatic carbocycles. The maximum absolute atomic E-state index is 14.3. The van der Waals surface area contributed by atoms with Crippen LogP contribution in [0.3, 0.4) is 0 Å². The van der Waals surface area contributed by atoms with E-state index in [2.05, 4.69) is 17.1 Å². The van der Waals surface area contributed by atoms with Crippen molar-refractivity contribution >= 4 is 45.7 Å². The maximum atomic E-state index is 14.3. The molecule has 4 aromatic rings. The van der Waals surface area contributed by atoms with Gasteiger partial charge in [-0.2, -0.15) is 0 Å². The van der Waals surface area contributed by atoms with E-state index in [1.165, 1.54) is 42.1 Å². The monoisotopic (exact) mass is 593 g/mol. The number of halogens is 2. The molecule has 0 spiro atoms. The van der Waals surface area contributed by atoms with Gasteiger partial charge in [-0.05, 0) is 66.1 Å². The van der Waals surface area contributed by atoms with Crippen molar-refractivity contribution in [3.05, 3.63) is 107 Å². The Balaban J connectivity index is 1.48. The number of aliphatic hydroxyl groups is 1. The van der Waals surface area contributed by atoms with Gasteiger partial charge in [0.15, 0.2) is 4.34 Å². The van der Waals surface area contributed by atoms with Crippen molar-refractivity contribution in [2.75, 3.05) is 11.5 Å². The van der Waals surface area contributed by atoms with Gasteiger partial charge in [0.2, 0.25) is 5.13 Å². The molecular formula is C30H25F2N3O4S2. The summed E-state index contributed by atoms with van der Waals surface area (Å²) in [6, 6.07) is 17.0. The van der Waals surface area contributed by atoms with E-state index in [4.69, 9.17) is 4.74 Å². The van der Waals surface area contributed by atoms with Crippen molar-refractivity contribution in [2.24, 2.45) is 0 Å². The number of amides is 1. The third-order valence-electron chi connectivity index (χ3n) is 6.38. The third-order valence-corrected chi connectivity index (χ3v) is 8.51. The molecule has 1 aliphatic heterocycles. The zero-order valence-corrected chi connectivity index (χ0v) is 23.6. The van der Waals surface area contributed by atoms with Crippen LogP contribution in [-0.4, -0.2) is 33.6 Å². The predicted molar refractivity (Wildman–Crippen MR) is 154 cm³/mol. The van der Waals surface area contributed by atoms with Crippen LogP contribution in [0.2, 0.25) is 0 Å². The number of rotatable bonds is 10. The molecule has 7 nitrogen and oxygen atoms in total. The van der Waals surface area contributed by atoms with Gasteiger partial charge in [0.1, 0.15) is 23.1 Å². The first-order valence-electron chi connectivity index (χ1n) is 12.9. The Morgan fingerprint density at radius 3 is 2.49 bits per heavy atom. The van der Waals surface area contributed by atoms with Gasteiger partial charge in [0, 0.05) is 11.3 Å². The van der Waals surface area contributed by atoms with Crippen LogP contribution in [0.15, 0.2) is 82.7 Å². The number of Topliss-reactive ketones (excluding diaryl/α,β-unsaturated/α-hetero) is 1. The molecule has 2 heterocycles. The van der Waals surface area contributed by atoms with Gasteiger partial charge in [-0.3, -0.25) is 14.5 Å². The summed E-state index contributed by atoms with van der Waals surface area (Å²) in [6.07, 6.45) is 1.89. The number of aromatic nitrogens is 2. The fourth-order valence-corrected chi connectivity index (χ4v) is 6.13. The molecule has 5 rings (SSSR count). The smallest absolute Gasteiger partial charge is 0.301 e. The quantitative estimate of drug-likeness (QED) is 0.0533. The molecule has 0 unspecified atom stereocenters. The number of nitrogens with zero attached hydrogens (tertiary/aromatic N) is 3. The number of ether oxygens (including phenoxy) is 1. The molecule has 0 radical (unpaired) electrons. The fraction of sp³-hybridized carbons (Fsp3) is 0.200. The predicted octanol–water partition coefficient (Wildman–Crippen LogP) is 6.91. The summed E-state index contributed by atoms with van der Waals surface area (Å²) in [5, 5.41) is 19.7. The number of anilines is 1. The lowest BCUT2D eigenvalue weighted by Gasteiger charge is -2.22. The molecule has 1 saturated heterocycles. The van der Waals surface area contributed by atoms with E-state index in [9.17, 15) is 23.5 Å². The van der Waals surface area contributed by atoms with Gasteiger partial charge in [-0.1, -0.05) is 60.7 Å². The van der Waals surface area contributed by atoms with E-state index in [0.29, 0.717) is 33.6 Å². The summed E-state index contributed by atoms with van der Waals surface area (Å²) in [5.41, 5.74) is 1.28. The van der Waals surface area contributed by atoms with Gasteiger partial charge in [-0.25, -0.2) is 8.78 Å². The van der Waals surface area contributed by atoms with E-state index in [1.807, 2.05) is 0 Å². The number of ketones is 1. The lowest BCUT2D eigenvalue weighted by molar-refractivity contribution is -0.132. The van der Waals surface area contributed by atoms with Crippen LogP contribution in [0.5, 0.6) is 5.75 Å². The van der Waals surface area contributed by atoms with Gasteiger partial charge in [0.25, 0.3) is 5.78 Å². The molecule has 1 fully saturated rings. The highest BCUT2D eigenvalue weighted by molar-refractivity contribution is 8.00. The molecule has 1 N–H and O–H groups in total. The van der Waals surface area contributed by atoms with Crippen molar-refractivity contribution in [3.8, 4) is 5.75 Å². The zero-order chi connectivity index (χ0) is 28.9. The van der Waals surface area contributed by atoms with Crippen molar-refractivity contribution in [1.29, 1.82) is 0 Å². The van der Waals surface area contributed by atoms with Gasteiger partial charge < -0.3 is 9.84 Å². The minimum absolute atomic E-state index is 0.127. The fourth-order valence-electron chi connectivity index (χ4n) is 4.30. The highest BCUT2D eigenvalue weighted by Crippen LogP contribution is 2.44. The number of hydrogen-bond acceptors (Lipinski definition) is 8. The lowest BCUT2D eigenvalue weighted by Crippen LogP contribution is -2.29. The Morgan fingerprint density at radius 1 is 1.02 bits per heavy atom. The first-order valence-corrected chi connectivity index (χ1v) is 14.7. The Kier molecular flexibility index (Phi) is 8.75. The Bertz CT molecular complexity index is 1590. The van der Waals surface area contributed by atoms with E-state index in [-0.39, 0.29) is 16.5 Å². The number of aliphatic hydroxyl groups excluding tert-OH is 1. The van der Waals surface area contributed by atoms with Crippen LogP contribution in [0.1, 0.15) is 42.5 Å².